The highest BCUT2D eigenvalue weighted by Crippen LogP contribution is 2.65. The number of benzene rings is 1. The number of methoxy groups -OCH3 is 1. The first kappa shape index (κ1) is 15.9. The number of phenolic OH excluding ortho intramolecular Hbond substituents is 1. The van der Waals surface area contributed by atoms with Crippen LogP contribution in [0.4, 0.5) is 0 Å². The molecule has 2 saturated carbocycles. The SMILES string of the molecule is COc1cc(/C=N\N2C(=O)[C@@H]3[C@H]4C=C[C@@H]([C@@H]5C[C@H]45)[C@H]3C2=O)cc(Cl)c1O. The zero-order chi connectivity index (χ0) is 18.2. The molecule has 4 aliphatic carbocycles. The second kappa shape index (κ2) is 5.33. The number of ether oxygens (including phenoxy) is 1. The van der Waals surface area contributed by atoms with Crippen molar-refractivity contribution in [3.8, 4) is 11.5 Å². The van der Waals surface area contributed by atoms with Crippen LogP contribution in [0.2, 0.25) is 5.02 Å². The van der Waals surface area contributed by atoms with E-state index in [4.69, 9.17) is 16.3 Å². The van der Waals surface area contributed by atoms with E-state index in [0.717, 1.165) is 11.4 Å². The van der Waals surface area contributed by atoms with Crippen LogP contribution in [0.25, 0.3) is 0 Å². The zero-order valence-electron chi connectivity index (χ0n) is 14.0. The Hall–Kier alpha value is -2.34. The number of hydrogen-bond acceptors (Lipinski definition) is 5. The maximum Gasteiger partial charge on any atom is 0.254 e. The molecule has 1 saturated heterocycles. The number of hydrogen-bond donors (Lipinski definition) is 1. The third-order valence-electron chi connectivity index (χ3n) is 6.23. The molecule has 7 heteroatoms. The summed E-state index contributed by atoms with van der Waals surface area (Å²) in [5, 5.41) is 15.1. The maximum absolute atomic E-state index is 12.8. The molecular formula is C19H17ClN2O4. The van der Waals surface area contributed by atoms with E-state index in [1.54, 1.807) is 6.07 Å². The molecule has 0 radical (unpaired) electrons. The number of allylic oxidation sites excluding steroid dienone is 2. The molecule has 1 N–H and O–H groups in total. The number of carbonyl (C=O) groups is 2. The van der Waals surface area contributed by atoms with Gasteiger partial charge in [0.2, 0.25) is 0 Å². The topological polar surface area (TPSA) is 79.2 Å². The Morgan fingerprint density at radius 2 is 1.81 bits per heavy atom. The summed E-state index contributed by atoms with van der Waals surface area (Å²) < 4.78 is 5.06. The van der Waals surface area contributed by atoms with Gasteiger partial charge < -0.3 is 9.84 Å². The number of aromatic hydroxyl groups is 1. The van der Waals surface area contributed by atoms with Crippen LogP contribution >= 0.6 is 11.6 Å². The summed E-state index contributed by atoms with van der Waals surface area (Å²) in [7, 11) is 1.42. The lowest BCUT2D eigenvalue weighted by Gasteiger charge is -2.37. The van der Waals surface area contributed by atoms with E-state index in [0.29, 0.717) is 17.4 Å². The maximum atomic E-state index is 12.8. The van der Waals surface area contributed by atoms with Crippen LogP contribution in [-0.4, -0.2) is 35.3 Å². The number of phenols is 1. The van der Waals surface area contributed by atoms with Crippen molar-refractivity contribution in [1.29, 1.82) is 0 Å². The van der Waals surface area contributed by atoms with Crippen molar-refractivity contribution in [1.82, 2.24) is 5.01 Å². The first-order chi connectivity index (χ1) is 12.5. The summed E-state index contributed by atoms with van der Waals surface area (Å²) in [6, 6.07) is 3.05. The minimum atomic E-state index is -0.267. The zero-order valence-corrected chi connectivity index (χ0v) is 14.8. The van der Waals surface area contributed by atoms with E-state index in [1.165, 1.54) is 19.4 Å². The number of halogens is 1. The Kier molecular flexibility index (Phi) is 3.26. The smallest absolute Gasteiger partial charge is 0.254 e. The molecule has 0 unspecified atom stereocenters. The first-order valence-corrected chi connectivity index (χ1v) is 9.05. The van der Waals surface area contributed by atoms with Crippen molar-refractivity contribution in [3.63, 3.8) is 0 Å². The van der Waals surface area contributed by atoms with Gasteiger partial charge in [0.1, 0.15) is 0 Å². The van der Waals surface area contributed by atoms with E-state index in [2.05, 4.69) is 17.3 Å². The van der Waals surface area contributed by atoms with Crippen LogP contribution in [-0.2, 0) is 9.59 Å². The van der Waals surface area contributed by atoms with Gasteiger partial charge in [0.05, 0.1) is 30.2 Å². The number of amides is 2. The average Bonchev–Trinajstić information content (AvgIpc) is 3.41. The molecule has 6 nitrogen and oxygen atoms in total. The van der Waals surface area contributed by atoms with Gasteiger partial charge in [0, 0.05) is 0 Å². The molecule has 0 aromatic heterocycles. The van der Waals surface area contributed by atoms with Crippen molar-refractivity contribution in [3.05, 3.63) is 34.9 Å². The highest BCUT2D eigenvalue weighted by molar-refractivity contribution is 6.32. The molecule has 1 aliphatic heterocycles. The Morgan fingerprint density at radius 1 is 1.19 bits per heavy atom. The van der Waals surface area contributed by atoms with Crippen LogP contribution in [0.15, 0.2) is 29.4 Å². The average molecular weight is 373 g/mol. The molecule has 26 heavy (non-hydrogen) atoms. The van der Waals surface area contributed by atoms with Gasteiger partial charge in [-0.3, -0.25) is 9.59 Å². The fourth-order valence-electron chi connectivity index (χ4n) is 5.00. The molecule has 6 rings (SSSR count). The van der Waals surface area contributed by atoms with Gasteiger partial charge in [-0.1, -0.05) is 23.8 Å². The van der Waals surface area contributed by atoms with E-state index in [1.807, 2.05) is 0 Å². The highest BCUT2D eigenvalue weighted by Gasteiger charge is 2.67. The molecule has 134 valence electrons. The number of rotatable bonds is 3. The largest absolute Gasteiger partial charge is 0.503 e. The van der Waals surface area contributed by atoms with Gasteiger partial charge >= 0.3 is 0 Å². The molecule has 1 heterocycles. The van der Waals surface area contributed by atoms with Gasteiger partial charge in [-0.2, -0.15) is 10.1 Å². The Bertz CT molecular complexity index is 860. The van der Waals surface area contributed by atoms with E-state index < -0.39 is 0 Å². The van der Waals surface area contributed by atoms with Crippen molar-refractivity contribution >= 4 is 29.6 Å². The fourth-order valence-corrected chi connectivity index (χ4v) is 5.22. The summed E-state index contributed by atoms with van der Waals surface area (Å²) in [6.45, 7) is 0. The van der Waals surface area contributed by atoms with Gasteiger partial charge in [-0.25, -0.2) is 0 Å². The Labute approximate surface area is 155 Å². The number of hydrazone groups is 1. The number of nitrogens with zero attached hydrogens (tertiary/aromatic N) is 2. The lowest BCUT2D eigenvalue weighted by atomic mass is 9.63. The van der Waals surface area contributed by atoms with E-state index in [9.17, 15) is 14.7 Å². The summed E-state index contributed by atoms with van der Waals surface area (Å²) in [5.41, 5.74) is 0.532. The van der Waals surface area contributed by atoms with Crippen molar-refractivity contribution in [2.75, 3.05) is 7.11 Å². The van der Waals surface area contributed by atoms with Crippen LogP contribution in [0, 0.1) is 35.5 Å². The fraction of sp³-hybridized carbons (Fsp3) is 0.421. The normalized spacial score (nSPS) is 36.6. The predicted molar refractivity (Wildman–Crippen MR) is 93.8 cm³/mol. The number of imide groups is 1. The summed E-state index contributed by atoms with van der Waals surface area (Å²) in [4.78, 5) is 25.7. The highest BCUT2D eigenvalue weighted by atomic mass is 35.5. The molecule has 6 atom stereocenters. The quantitative estimate of drug-likeness (QED) is 0.502. The lowest BCUT2D eigenvalue weighted by molar-refractivity contribution is -0.140. The first-order valence-electron chi connectivity index (χ1n) is 8.68. The molecule has 2 amide bonds. The molecule has 3 fully saturated rings. The lowest BCUT2D eigenvalue weighted by Crippen LogP contribution is -2.40. The van der Waals surface area contributed by atoms with Gasteiger partial charge in [-0.05, 0) is 47.8 Å². The minimum Gasteiger partial charge on any atom is -0.503 e. The molecule has 1 aromatic rings. The second-order valence-electron chi connectivity index (χ2n) is 7.44. The standard InChI is InChI=1S/C19H17ClN2O4/c1-26-14-5-8(4-13(20)17(14)23)7-21-22-18(24)15-9-2-3-10(12-6-11(9)12)16(15)19(22)25/h2-5,7,9-12,15-16,23H,6H2,1H3/b21-7-/t9-,10-,11-,12+,15+,16+/m0/s1. The van der Waals surface area contributed by atoms with Gasteiger partial charge in [0.15, 0.2) is 11.5 Å². The predicted octanol–water partition coefficient (Wildman–Crippen LogP) is 2.44. The molecule has 0 spiro atoms. The summed E-state index contributed by atoms with van der Waals surface area (Å²) in [6.07, 6.45) is 6.79. The molecular weight excluding hydrogens is 356 g/mol. The summed E-state index contributed by atoms with van der Waals surface area (Å²) in [5.74, 6) is 0.564. The third-order valence-corrected chi connectivity index (χ3v) is 6.52. The van der Waals surface area contributed by atoms with E-state index in [-0.39, 0.29) is 52.0 Å². The molecule has 1 aromatic carbocycles. The van der Waals surface area contributed by atoms with Gasteiger partial charge in [0.25, 0.3) is 11.8 Å². The Balaban J connectivity index is 1.44. The second-order valence-corrected chi connectivity index (χ2v) is 7.85. The van der Waals surface area contributed by atoms with Gasteiger partial charge in [-0.15, -0.1) is 0 Å². The van der Waals surface area contributed by atoms with Crippen LogP contribution < -0.4 is 4.74 Å². The van der Waals surface area contributed by atoms with E-state index >= 15 is 0 Å². The number of carbonyl (C=O) groups excluding carboxylic acids is 2. The van der Waals surface area contributed by atoms with Crippen LogP contribution in [0.1, 0.15) is 12.0 Å². The van der Waals surface area contributed by atoms with Crippen LogP contribution in [0.5, 0.6) is 11.5 Å². The Morgan fingerprint density at radius 3 is 2.38 bits per heavy atom. The third kappa shape index (κ3) is 2.02. The molecule has 2 bridgehead atoms. The van der Waals surface area contributed by atoms with Crippen molar-refractivity contribution in [2.24, 2.45) is 40.6 Å². The summed E-state index contributed by atoms with van der Waals surface area (Å²) >= 11 is 5.97. The van der Waals surface area contributed by atoms with Crippen molar-refractivity contribution < 1.29 is 19.4 Å². The minimum absolute atomic E-state index is 0.112. The van der Waals surface area contributed by atoms with Crippen LogP contribution in [0.3, 0.4) is 0 Å². The monoisotopic (exact) mass is 372 g/mol. The van der Waals surface area contributed by atoms with Crippen molar-refractivity contribution in [2.45, 2.75) is 6.42 Å². The molecule has 5 aliphatic rings.